The third kappa shape index (κ3) is 5.09. The van der Waals surface area contributed by atoms with Gasteiger partial charge in [-0.25, -0.2) is 0 Å². The standard InChI is InChI=1S/C22H35N3O2/c1-17(18-8-4-3-5-9-18)25-22(12-14-27-15-13-22)16-24-20(26)19-10-6-7-11-21(19,2)23/h3-5,8-9,17,19,25H,6-7,10-16,23H2,1-2H3,(H,24,26). The first kappa shape index (κ1) is 20.3. The molecule has 1 saturated carbocycles. The van der Waals surface area contributed by atoms with Crippen LogP contribution >= 0.6 is 0 Å². The lowest BCUT2D eigenvalue weighted by Gasteiger charge is -2.42. The number of amides is 1. The van der Waals surface area contributed by atoms with E-state index in [4.69, 9.17) is 10.5 Å². The van der Waals surface area contributed by atoms with Gasteiger partial charge >= 0.3 is 0 Å². The largest absolute Gasteiger partial charge is 0.381 e. The molecule has 1 saturated heterocycles. The molecule has 3 atom stereocenters. The first-order valence-corrected chi connectivity index (χ1v) is 10.4. The van der Waals surface area contributed by atoms with Gasteiger partial charge in [-0.3, -0.25) is 4.79 Å². The van der Waals surface area contributed by atoms with Crippen LogP contribution in [0.3, 0.4) is 0 Å². The summed E-state index contributed by atoms with van der Waals surface area (Å²) < 4.78 is 5.60. The molecule has 5 nitrogen and oxygen atoms in total. The summed E-state index contributed by atoms with van der Waals surface area (Å²) in [5.74, 6) is 0.0226. The summed E-state index contributed by atoms with van der Waals surface area (Å²) in [6, 6.07) is 10.7. The van der Waals surface area contributed by atoms with Crippen molar-refractivity contribution in [3.05, 3.63) is 35.9 Å². The van der Waals surface area contributed by atoms with E-state index in [2.05, 4.69) is 41.8 Å². The zero-order valence-electron chi connectivity index (χ0n) is 16.8. The molecule has 150 valence electrons. The predicted molar refractivity (Wildman–Crippen MR) is 108 cm³/mol. The molecule has 0 spiro atoms. The lowest BCUT2D eigenvalue weighted by Crippen LogP contribution is -2.59. The number of nitrogens with two attached hydrogens (primary N) is 1. The Kier molecular flexibility index (Phi) is 6.56. The summed E-state index contributed by atoms with van der Waals surface area (Å²) in [5, 5.41) is 7.04. The van der Waals surface area contributed by atoms with Crippen LogP contribution in [0, 0.1) is 5.92 Å². The Morgan fingerprint density at radius 2 is 1.93 bits per heavy atom. The number of hydrogen-bond donors (Lipinski definition) is 3. The fraction of sp³-hybridized carbons (Fsp3) is 0.682. The molecule has 4 N–H and O–H groups in total. The Morgan fingerprint density at radius 3 is 2.59 bits per heavy atom. The number of carbonyl (C=O) groups is 1. The summed E-state index contributed by atoms with van der Waals surface area (Å²) in [6.45, 7) is 6.28. The number of benzene rings is 1. The molecule has 1 amide bonds. The van der Waals surface area contributed by atoms with Gasteiger partial charge in [-0.05, 0) is 45.1 Å². The van der Waals surface area contributed by atoms with Crippen molar-refractivity contribution in [1.82, 2.24) is 10.6 Å². The van der Waals surface area contributed by atoms with Crippen LogP contribution in [-0.2, 0) is 9.53 Å². The Bertz CT molecular complexity index is 611. The van der Waals surface area contributed by atoms with E-state index in [9.17, 15) is 4.79 Å². The van der Waals surface area contributed by atoms with Crippen molar-refractivity contribution in [2.45, 2.75) is 69.5 Å². The predicted octanol–water partition coefficient (Wildman–Crippen LogP) is 2.91. The molecule has 0 bridgehead atoms. The monoisotopic (exact) mass is 373 g/mol. The van der Waals surface area contributed by atoms with E-state index in [1.165, 1.54) is 5.56 Å². The molecule has 1 aliphatic carbocycles. The van der Waals surface area contributed by atoms with E-state index in [1.54, 1.807) is 0 Å². The average molecular weight is 374 g/mol. The minimum Gasteiger partial charge on any atom is -0.381 e. The SMILES string of the molecule is CC(NC1(CNC(=O)C2CCCCC2(C)N)CCOCC1)c1ccccc1. The van der Waals surface area contributed by atoms with Gasteiger partial charge in [0, 0.05) is 36.9 Å². The van der Waals surface area contributed by atoms with Crippen LogP contribution in [0.25, 0.3) is 0 Å². The quantitative estimate of drug-likeness (QED) is 0.717. The molecule has 0 aromatic heterocycles. The Hall–Kier alpha value is -1.43. The zero-order chi connectivity index (χ0) is 19.3. The highest BCUT2D eigenvalue weighted by Gasteiger charge is 2.40. The Morgan fingerprint density at radius 1 is 1.22 bits per heavy atom. The summed E-state index contributed by atoms with van der Waals surface area (Å²) in [4.78, 5) is 12.9. The second kappa shape index (κ2) is 8.72. The normalized spacial score (nSPS) is 29.1. The van der Waals surface area contributed by atoms with Crippen molar-refractivity contribution < 1.29 is 9.53 Å². The lowest BCUT2D eigenvalue weighted by atomic mass is 9.74. The summed E-state index contributed by atoms with van der Waals surface area (Å²) >= 11 is 0. The van der Waals surface area contributed by atoms with Gasteiger partial charge in [0.15, 0.2) is 0 Å². The summed E-state index contributed by atoms with van der Waals surface area (Å²) in [5.41, 5.74) is 7.16. The van der Waals surface area contributed by atoms with Crippen molar-refractivity contribution in [3.8, 4) is 0 Å². The Balaban J connectivity index is 1.65. The first-order chi connectivity index (χ1) is 12.9. The molecule has 1 heterocycles. The molecule has 27 heavy (non-hydrogen) atoms. The van der Waals surface area contributed by atoms with Crippen molar-refractivity contribution in [3.63, 3.8) is 0 Å². The highest BCUT2D eigenvalue weighted by Crippen LogP contribution is 2.32. The molecule has 1 aromatic rings. The molecule has 2 aliphatic rings. The highest BCUT2D eigenvalue weighted by molar-refractivity contribution is 5.80. The van der Waals surface area contributed by atoms with Gasteiger partial charge in [0.25, 0.3) is 0 Å². The van der Waals surface area contributed by atoms with Gasteiger partial charge in [-0.2, -0.15) is 0 Å². The van der Waals surface area contributed by atoms with Gasteiger partial charge in [0.2, 0.25) is 5.91 Å². The van der Waals surface area contributed by atoms with Gasteiger partial charge in [0.05, 0.1) is 5.92 Å². The van der Waals surface area contributed by atoms with Crippen LogP contribution in [0.2, 0.25) is 0 Å². The minimum atomic E-state index is -0.393. The van der Waals surface area contributed by atoms with E-state index in [-0.39, 0.29) is 23.4 Å². The third-order valence-corrected chi connectivity index (χ3v) is 6.44. The number of nitrogens with one attached hydrogen (secondary N) is 2. The maximum absolute atomic E-state index is 12.9. The Labute approximate surface area is 163 Å². The van der Waals surface area contributed by atoms with Crippen LogP contribution in [-0.4, -0.2) is 36.7 Å². The van der Waals surface area contributed by atoms with Gasteiger partial charge in [0.1, 0.15) is 0 Å². The van der Waals surface area contributed by atoms with Crippen LogP contribution in [0.4, 0.5) is 0 Å². The third-order valence-electron chi connectivity index (χ3n) is 6.44. The topological polar surface area (TPSA) is 76.4 Å². The van der Waals surface area contributed by atoms with Crippen LogP contribution in [0.1, 0.15) is 64.0 Å². The van der Waals surface area contributed by atoms with Gasteiger partial charge in [-0.15, -0.1) is 0 Å². The van der Waals surface area contributed by atoms with E-state index < -0.39 is 5.54 Å². The number of ether oxygens (including phenoxy) is 1. The molecular weight excluding hydrogens is 338 g/mol. The van der Waals surface area contributed by atoms with Crippen LogP contribution in [0.5, 0.6) is 0 Å². The highest BCUT2D eigenvalue weighted by atomic mass is 16.5. The number of hydrogen-bond acceptors (Lipinski definition) is 4. The van der Waals surface area contributed by atoms with Gasteiger partial charge < -0.3 is 21.1 Å². The maximum atomic E-state index is 12.9. The van der Waals surface area contributed by atoms with Crippen molar-refractivity contribution >= 4 is 5.91 Å². The van der Waals surface area contributed by atoms with Crippen molar-refractivity contribution in [1.29, 1.82) is 0 Å². The molecule has 0 radical (unpaired) electrons. The van der Waals surface area contributed by atoms with Crippen molar-refractivity contribution in [2.75, 3.05) is 19.8 Å². The number of carbonyl (C=O) groups excluding carboxylic acids is 1. The van der Waals surface area contributed by atoms with E-state index in [0.29, 0.717) is 6.54 Å². The fourth-order valence-electron chi connectivity index (χ4n) is 4.59. The molecule has 1 aromatic carbocycles. The lowest BCUT2D eigenvalue weighted by molar-refractivity contribution is -0.128. The zero-order valence-corrected chi connectivity index (χ0v) is 16.8. The van der Waals surface area contributed by atoms with Crippen LogP contribution < -0.4 is 16.4 Å². The summed E-state index contributed by atoms with van der Waals surface area (Å²) in [6.07, 6.45) is 5.82. The second-order valence-electron chi connectivity index (χ2n) is 8.69. The van der Waals surface area contributed by atoms with E-state index in [1.807, 2.05) is 13.0 Å². The molecular formula is C22H35N3O2. The molecule has 2 fully saturated rings. The van der Waals surface area contributed by atoms with Crippen molar-refractivity contribution in [2.24, 2.45) is 11.7 Å². The van der Waals surface area contributed by atoms with E-state index in [0.717, 1.165) is 51.7 Å². The fourth-order valence-corrected chi connectivity index (χ4v) is 4.59. The second-order valence-corrected chi connectivity index (χ2v) is 8.69. The van der Waals surface area contributed by atoms with Crippen LogP contribution in [0.15, 0.2) is 30.3 Å². The summed E-state index contributed by atoms with van der Waals surface area (Å²) in [7, 11) is 0. The van der Waals surface area contributed by atoms with E-state index >= 15 is 0 Å². The molecule has 3 rings (SSSR count). The smallest absolute Gasteiger partial charge is 0.225 e. The van der Waals surface area contributed by atoms with Gasteiger partial charge in [-0.1, -0.05) is 43.2 Å². The molecule has 3 unspecified atom stereocenters. The minimum absolute atomic E-state index is 0.0883. The average Bonchev–Trinajstić information content (AvgIpc) is 2.67. The molecule has 5 heteroatoms. The number of rotatable bonds is 6. The first-order valence-electron chi connectivity index (χ1n) is 10.4. The molecule has 1 aliphatic heterocycles. The maximum Gasteiger partial charge on any atom is 0.225 e.